The summed E-state index contributed by atoms with van der Waals surface area (Å²) in [6.45, 7) is 1.88. The quantitative estimate of drug-likeness (QED) is 0.529. The average Bonchev–Trinajstić information content (AvgIpc) is 3.22. The minimum Gasteiger partial charge on any atom is -0.334 e. The van der Waals surface area contributed by atoms with Crippen LogP contribution < -0.4 is 0 Å². The first-order valence-electron chi connectivity index (χ1n) is 7.78. The van der Waals surface area contributed by atoms with Crippen LogP contribution in [0.2, 0.25) is 0 Å². The molecule has 0 spiro atoms. The number of thiazole rings is 1. The maximum atomic E-state index is 12.3. The minimum absolute atomic E-state index is 0.0634. The van der Waals surface area contributed by atoms with Gasteiger partial charge in [-0.15, -0.1) is 11.3 Å². The monoisotopic (exact) mass is 349 g/mol. The predicted octanol–water partition coefficient (Wildman–Crippen LogP) is 3.22. The highest BCUT2D eigenvalue weighted by Gasteiger charge is 2.13. The Morgan fingerprint density at radius 3 is 2.84 bits per heavy atom. The van der Waals surface area contributed by atoms with Crippen LogP contribution >= 0.6 is 11.3 Å². The van der Waals surface area contributed by atoms with Crippen molar-refractivity contribution in [2.45, 2.75) is 13.3 Å². The van der Waals surface area contributed by atoms with Gasteiger partial charge in [-0.05, 0) is 13.0 Å². The molecule has 0 radical (unpaired) electrons. The molecule has 0 amide bonds. The number of nitrogens with zero attached hydrogens (tertiary/aromatic N) is 5. The first-order valence-corrected chi connectivity index (χ1v) is 8.66. The van der Waals surface area contributed by atoms with Gasteiger partial charge in [0.15, 0.2) is 5.78 Å². The van der Waals surface area contributed by atoms with Gasteiger partial charge in [-0.3, -0.25) is 4.79 Å². The molecule has 124 valence electrons. The van der Waals surface area contributed by atoms with Crippen molar-refractivity contribution in [3.05, 3.63) is 58.8 Å². The molecule has 0 atom stereocenters. The molecule has 3 aromatic heterocycles. The summed E-state index contributed by atoms with van der Waals surface area (Å²) in [4.78, 5) is 29.6. The lowest BCUT2D eigenvalue weighted by Crippen LogP contribution is -2.07. The van der Waals surface area contributed by atoms with Gasteiger partial charge in [0, 0.05) is 29.6 Å². The normalized spacial score (nSPS) is 11.1. The molecule has 0 aliphatic rings. The highest BCUT2D eigenvalue weighted by molar-refractivity contribution is 7.09. The van der Waals surface area contributed by atoms with Crippen molar-refractivity contribution < 1.29 is 4.79 Å². The third-order valence-electron chi connectivity index (χ3n) is 3.97. The SMILES string of the molecule is Cc1nc(C(=O)Cc2ncc3ccc(-c4cncn4C)cc3n2)cs1. The van der Waals surface area contributed by atoms with Gasteiger partial charge in [0.05, 0.1) is 35.2 Å². The van der Waals surface area contributed by atoms with E-state index in [9.17, 15) is 4.79 Å². The van der Waals surface area contributed by atoms with E-state index >= 15 is 0 Å². The number of rotatable bonds is 4. The second kappa shape index (κ2) is 6.18. The fourth-order valence-electron chi connectivity index (χ4n) is 2.67. The maximum Gasteiger partial charge on any atom is 0.189 e. The van der Waals surface area contributed by atoms with E-state index < -0.39 is 0 Å². The van der Waals surface area contributed by atoms with Crippen molar-refractivity contribution in [3.63, 3.8) is 0 Å². The summed E-state index contributed by atoms with van der Waals surface area (Å²) in [6.07, 6.45) is 5.48. The molecule has 7 heteroatoms. The number of Topliss-reactive ketones (excluding diaryl/α,β-unsaturated/α-hetero) is 1. The molecule has 0 saturated carbocycles. The van der Waals surface area contributed by atoms with Gasteiger partial charge in [-0.1, -0.05) is 12.1 Å². The van der Waals surface area contributed by atoms with Crippen molar-refractivity contribution in [1.82, 2.24) is 24.5 Å². The summed E-state index contributed by atoms with van der Waals surface area (Å²) in [7, 11) is 1.95. The van der Waals surface area contributed by atoms with Gasteiger partial charge in [0.25, 0.3) is 0 Å². The third kappa shape index (κ3) is 3.06. The smallest absolute Gasteiger partial charge is 0.189 e. The molecular formula is C18H15N5OS. The molecule has 6 nitrogen and oxygen atoms in total. The van der Waals surface area contributed by atoms with E-state index in [0.717, 1.165) is 27.2 Å². The summed E-state index contributed by atoms with van der Waals surface area (Å²) in [5, 5.41) is 3.59. The van der Waals surface area contributed by atoms with Gasteiger partial charge in [-0.2, -0.15) is 0 Å². The van der Waals surface area contributed by atoms with E-state index in [1.165, 1.54) is 11.3 Å². The van der Waals surface area contributed by atoms with E-state index in [0.29, 0.717) is 11.5 Å². The molecule has 3 heterocycles. The van der Waals surface area contributed by atoms with Crippen molar-refractivity contribution in [2.75, 3.05) is 0 Å². The number of carbonyl (C=O) groups is 1. The molecule has 4 aromatic rings. The average molecular weight is 349 g/mol. The van der Waals surface area contributed by atoms with Gasteiger partial charge in [-0.25, -0.2) is 19.9 Å². The van der Waals surface area contributed by atoms with Crippen LogP contribution in [0.15, 0.2) is 42.3 Å². The van der Waals surface area contributed by atoms with Crippen molar-refractivity contribution in [3.8, 4) is 11.3 Å². The molecule has 0 fully saturated rings. The summed E-state index contributed by atoms with van der Waals surface area (Å²) >= 11 is 1.47. The second-order valence-corrected chi connectivity index (χ2v) is 6.86. The lowest BCUT2D eigenvalue weighted by molar-refractivity contribution is 0.0986. The van der Waals surface area contributed by atoms with E-state index in [1.54, 1.807) is 17.9 Å². The van der Waals surface area contributed by atoms with E-state index in [1.807, 2.05) is 42.9 Å². The molecule has 25 heavy (non-hydrogen) atoms. The summed E-state index contributed by atoms with van der Waals surface area (Å²) in [5.74, 6) is 0.441. The zero-order valence-electron chi connectivity index (χ0n) is 13.8. The maximum absolute atomic E-state index is 12.3. The number of carbonyl (C=O) groups excluding carboxylic acids is 1. The third-order valence-corrected chi connectivity index (χ3v) is 4.74. The van der Waals surface area contributed by atoms with Gasteiger partial charge in [0.2, 0.25) is 0 Å². The lowest BCUT2D eigenvalue weighted by atomic mass is 10.1. The lowest BCUT2D eigenvalue weighted by Gasteiger charge is -2.05. The fourth-order valence-corrected chi connectivity index (χ4v) is 3.28. The Bertz CT molecular complexity index is 1080. The van der Waals surface area contributed by atoms with Gasteiger partial charge < -0.3 is 4.57 Å². The number of aryl methyl sites for hydroxylation is 2. The van der Waals surface area contributed by atoms with E-state index in [2.05, 4.69) is 19.9 Å². The topological polar surface area (TPSA) is 73.6 Å². The Kier molecular flexibility index (Phi) is 3.85. The fraction of sp³-hybridized carbons (Fsp3) is 0.167. The molecule has 0 aliphatic carbocycles. The molecular weight excluding hydrogens is 334 g/mol. The van der Waals surface area contributed by atoms with Crippen LogP contribution in [-0.2, 0) is 13.5 Å². The number of imidazole rings is 1. The summed E-state index contributed by atoms with van der Waals surface area (Å²) < 4.78 is 1.96. The van der Waals surface area contributed by atoms with Crippen molar-refractivity contribution in [1.29, 1.82) is 0 Å². The first kappa shape index (κ1) is 15.6. The summed E-state index contributed by atoms with van der Waals surface area (Å²) in [5.41, 5.74) is 3.33. The second-order valence-electron chi connectivity index (χ2n) is 5.80. The largest absolute Gasteiger partial charge is 0.334 e. The van der Waals surface area contributed by atoms with Crippen LogP contribution in [0.3, 0.4) is 0 Å². The van der Waals surface area contributed by atoms with Crippen LogP contribution in [0.25, 0.3) is 22.2 Å². The number of aromatic nitrogens is 5. The Morgan fingerprint density at radius 1 is 1.24 bits per heavy atom. The molecule has 0 saturated heterocycles. The Balaban J connectivity index is 1.67. The zero-order valence-corrected chi connectivity index (χ0v) is 14.6. The van der Waals surface area contributed by atoms with E-state index in [4.69, 9.17) is 0 Å². The van der Waals surface area contributed by atoms with Crippen molar-refractivity contribution in [2.24, 2.45) is 7.05 Å². The first-order chi connectivity index (χ1) is 12.1. The minimum atomic E-state index is -0.0634. The van der Waals surface area contributed by atoms with Crippen LogP contribution in [0.4, 0.5) is 0 Å². The molecule has 0 N–H and O–H groups in total. The number of ketones is 1. The highest BCUT2D eigenvalue weighted by atomic mass is 32.1. The summed E-state index contributed by atoms with van der Waals surface area (Å²) in [6, 6.07) is 5.99. The number of benzene rings is 1. The number of hydrogen-bond donors (Lipinski definition) is 0. The highest BCUT2D eigenvalue weighted by Crippen LogP contribution is 2.22. The predicted molar refractivity (Wildman–Crippen MR) is 96.6 cm³/mol. The van der Waals surface area contributed by atoms with E-state index in [-0.39, 0.29) is 12.2 Å². The molecule has 0 unspecified atom stereocenters. The van der Waals surface area contributed by atoms with Crippen molar-refractivity contribution >= 4 is 28.0 Å². The Morgan fingerprint density at radius 2 is 2.12 bits per heavy atom. The van der Waals surface area contributed by atoms with Gasteiger partial charge in [0.1, 0.15) is 11.5 Å². The zero-order chi connectivity index (χ0) is 17.4. The molecule has 1 aromatic carbocycles. The van der Waals surface area contributed by atoms with Crippen LogP contribution in [-0.4, -0.2) is 30.3 Å². The number of hydrogen-bond acceptors (Lipinski definition) is 6. The molecule has 0 aliphatic heterocycles. The van der Waals surface area contributed by atoms with Crippen LogP contribution in [0.5, 0.6) is 0 Å². The standard InChI is InChI=1S/C18H15N5OS/c1-11-21-15(9-25-11)17(24)6-18-20-7-13-4-3-12(5-14(13)22-18)16-8-19-10-23(16)2/h3-5,7-10H,6H2,1-2H3. The van der Waals surface area contributed by atoms with Crippen LogP contribution in [0.1, 0.15) is 21.3 Å². The Hall–Kier alpha value is -2.93. The Labute approximate surface area is 148 Å². The number of fused-ring (bicyclic) bond motifs is 1. The van der Waals surface area contributed by atoms with Crippen LogP contribution in [0, 0.1) is 6.92 Å². The van der Waals surface area contributed by atoms with Gasteiger partial charge >= 0.3 is 0 Å². The molecule has 4 rings (SSSR count). The molecule has 0 bridgehead atoms.